The summed E-state index contributed by atoms with van der Waals surface area (Å²) in [6.45, 7) is 5.50. The Morgan fingerprint density at radius 1 is 1.33 bits per heavy atom. The van der Waals surface area contributed by atoms with E-state index in [0.717, 1.165) is 25.9 Å². The van der Waals surface area contributed by atoms with Crippen LogP contribution in [-0.2, 0) is 10.3 Å². The highest BCUT2D eigenvalue weighted by atomic mass is 32.2. The fourth-order valence-corrected chi connectivity index (χ4v) is 7.80. The molecule has 1 amide bonds. The lowest BCUT2D eigenvalue weighted by atomic mass is 9.84. The number of benzene rings is 1. The number of carbonyl (C=O) groups is 1. The van der Waals surface area contributed by atoms with Crippen molar-refractivity contribution in [2.24, 2.45) is 22.6 Å². The molecule has 1 aliphatic carbocycles. The van der Waals surface area contributed by atoms with Crippen molar-refractivity contribution >= 4 is 45.4 Å². The predicted molar refractivity (Wildman–Crippen MR) is 149 cm³/mol. The Bertz CT molecular complexity index is 1550. The van der Waals surface area contributed by atoms with Crippen molar-refractivity contribution in [3.05, 3.63) is 48.0 Å². The lowest BCUT2D eigenvalue weighted by Crippen LogP contribution is -2.45. The van der Waals surface area contributed by atoms with Crippen molar-refractivity contribution < 1.29 is 13.9 Å². The number of amides is 1. The van der Waals surface area contributed by atoms with E-state index in [1.807, 2.05) is 18.7 Å². The van der Waals surface area contributed by atoms with Gasteiger partial charge in [0.2, 0.25) is 11.8 Å². The number of nitrogens with zero attached hydrogens (tertiary/aromatic N) is 5. The zero-order valence-electron chi connectivity index (χ0n) is 21.6. The number of fused-ring (bicyclic) bond motifs is 2. The molecule has 1 saturated heterocycles. The van der Waals surface area contributed by atoms with Gasteiger partial charge in [-0.2, -0.15) is 0 Å². The van der Waals surface area contributed by atoms with Gasteiger partial charge in [-0.3, -0.25) is 9.79 Å². The Labute approximate surface area is 229 Å². The number of pyridine rings is 1. The monoisotopic (exact) mass is 545 g/mol. The van der Waals surface area contributed by atoms with Crippen molar-refractivity contribution in [2.75, 3.05) is 25.0 Å². The van der Waals surface area contributed by atoms with Gasteiger partial charge in [0, 0.05) is 36.5 Å². The molecule has 2 fully saturated rings. The second-order valence-corrected chi connectivity index (χ2v) is 11.6. The maximum Gasteiger partial charge on any atom is 0.239 e. The maximum atomic E-state index is 15.5. The van der Waals surface area contributed by atoms with Crippen molar-refractivity contribution in [2.45, 2.75) is 37.0 Å². The van der Waals surface area contributed by atoms with Crippen LogP contribution < -0.4 is 15.8 Å². The number of aromatic nitrogens is 3. The molecule has 1 aromatic carbocycles. The number of anilines is 2. The highest BCUT2D eigenvalue weighted by Gasteiger charge is 2.76. The third kappa shape index (κ3) is 4.05. The van der Waals surface area contributed by atoms with Crippen LogP contribution in [0.2, 0.25) is 0 Å². The molecule has 3 aliphatic rings. The van der Waals surface area contributed by atoms with Crippen LogP contribution in [-0.4, -0.2) is 55.4 Å². The number of nitrogens with two attached hydrogens (primary N) is 1. The van der Waals surface area contributed by atoms with Gasteiger partial charge in [0.15, 0.2) is 17.6 Å². The van der Waals surface area contributed by atoms with Gasteiger partial charge in [-0.05, 0) is 49.9 Å². The van der Waals surface area contributed by atoms with Gasteiger partial charge < -0.3 is 20.7 Å². The summed E-state index contributed by atoms with van der Waals surface area (Å²) in [6, 6.07) is 6.46. The highest BCUT2D eigenvalue weighted by molar-refractivity contribution is 8.15. The molecular weight excluding hydrogens is 517 g/mol. The van der Waals surface area contributed by atoms with Gasteiger partial charge in [0.1, 0.15) is 16.1 Å². The van der Waals surface area contributed by atoms with E-state index in [-0.39, 0.29) is 24.3 Å². The van der Waals surface area contributed by atoms with Crippen molar-refractivity contribution in [1.29, 1.82) is 0 Å². The SMILES string of the molecule is C#CCOc1cnc2c(Nc3ccc(F)c([C@@]4(C)N=C(N)S[C@]5(C(=O)N6CCCC6)[C@H]4[C@@H]5C)c3)nccc2n1. The van der Waals surface area contributed by atoms with E-state index in [1.165, 1.54) is 24.0 Å². The van der Waals surface area contributed by atoms with Gasteiger partial charge in [0.25, 0.3) is 0 Å². The van der Waals surface area contributed by atoms with Crippen molar-refractivity contribution in [1.82, 2.24) is 19.9 Å². The van der Waals surface area contributed by atoms with Crippen molar-refractivity contribution in [3.63, 3.8) is 0 Å². The molecule has 3 aromatic rings. The van der Waals surface area contributed by atoms with Crippen LogP contribution in [0.5, 0.6) is 5.88 Å². The highest BCUT2D eigenvalue weighted by Crippen LogP contribution is 2.70. The smallest absolute Gasteiger partial charge is 0.239 e. The molecule has 0 unspecified atom stereocenters. The summed E-state index contributed by atoms with van der Waals surface area (Å²) >= 11 is 1.33. The van der Waals surface area contributed by atoms with Gasteiger partial charge in [-0.1, -0.05) is 24.6 Å². The molecular formula is C28H28FN7O2S. The first-order chi connectivity index (χ1) is 18.8. The third-order valence-electron chi connectivity index (χ3n) is 7.99. The average Bonchev–Trinajstić information content (AvgIpc) is 3.26. The van der Waals surface area contributed by atoms with Gasteiger partial charge in [-0.25, -0.2) is 19.3 Å². The van der Waals surface area contributed by atoms with E-state index in [0.29, 0.717) is 39.1 Å². The Morgan fingerprint density at radius 3 is 2.90 bits per heavy atom. The lowest BCUT2D eigenvalue weighted by molar-refractivity contribution is -0.131. The van der Waals surface area contributed by atoms with Crippen LogP contribution in [0.4, 0.5) is 15.9 Å². The molecule has 6 rings (SSSR count). The van der Waals surface area contributed by atoms with Crippen LogP contribution in [0.25, 0.3) is 11.0 Å². The number of carbonyl (C=O) groups excluding carboxylic acids is 1. The molecule has 2 aliphatic heterocycles. The second kappa shape index (κ2) is 9.38. The minimum atomic E-state index is -1.01. The Balaban J connectivity index is 1.34. The van der Waals surface area contributed by atoms with Crippen LogP contribution in [0.3, 0.4) is 0 Å². The van der Waals surface area contributed by atoms with E-state index < -0.39 is 16.1 Å². The Kier molecular flexibility index (Phi) is 6.10. The first-order valence-corrected chi connectivity index (χ1v) is 13.7. The summed E-state index contributed by atoms with van der Waals surface area (Å²) in [5, 5.41) is 3.55. The molecule has 2 aromatic heterocycles. The van der Waals surface area contributed by atoms with Crippen molar-refractivity contribution in [3.8, 4) is 18.2 Å². The number of aliphatic imine (C=N–C) groups is 1. The molecule has 200 valence electrons. The first-order valence-electron chi connectivity index (χ1n) is 12.9. The molecule has 4 heterocycles. The zero-order valence-corrected chi connectivity index (χ0v) is 22.5. The number of nitrogens with one attached hydrogen (secondary N) is 1. The summed E-state index contributed by atoms with van der Waals surface area (Å²) in [4.78, 5) is 33.7. The molecule has 3 N–H and O–H groups in total. The molecule has 11 heteroatoms. The number of terminal acetylenes is 1. The number of amidine groups is 1. The number of rotatable bonds is 6. The minimum absolute atomic E-state index is 0.0118. The summed E-state index contributed by atoms with van der Waals surface area (Å²) < 4.78 is 20.1. The summed E-state index contributed by atoms with van der Waals surface area (Å²) in [5.41, 5.74) is 7.36. The number of halogens is 1. The largest absolute Gasteiger partial charge is 0.463 e. The van der Waals surface area contributed by atoms with E-state index in [2.05, 4.69) is 26.2 Å². The molecule has 0 bridgehead atoms. The van der Waals surface area contributed by atoms with E-state index in [4.69, 9.17) is 21.9 Å². The van der Waals surface area contributed by atoms with Crippen LogP contribution in [0.1, 0.15) is 32.3 Å². The van der Waals surface area contributed by atoms with Gasteiger partial charge in [0.05, 0.1) is 17.3 Å². The Morgan fingerprint density at radius 2 is 2.13 bits per heavy atom. The summed E-state index contributed by atoms with van der Waals surface area (Å²) in [6.07, 6.45) is 10.3. The quantitative estimate of drug-likeness (QED) is 0.449. The number of hydrogen-bond acceptors (Lipinski definition) is 9. The van der Waals surface area contributed by atoms with E-state index in [1.54, 1.807) is 24.4 Å². The molecule has 1 saturated carbocycles. The number of ether oxygens (including phenoxy) is 1. The average molecular weight is 546 g/mol. The molecule has 0 radical (unpaired) electrons. The number of thioether (sulfide) groups is 1. The molecule has 9 nitrogen and oxygen atoms in total. The van der Waals surface area contributed by atoms with Gasteiger partial charge >= 0.3 is 0 Å². The van der Waals surface area contributed by atoms with Crippen LogP contribution in [0.15, 0.2) is 41.7 Å². The molecule has 0 spiro atoms. The number of likely N-dealkylation sites (tertiary alicyclic amines) is 1. The summed E-state index contributed by atoms with van der Waals surface area (Å²) in [5.74, 6) is 2.64. The molecule has 39 heavy (non-hydrogen) atoms. The Hall–Kier alpha value is -3.91. The third-order valence-corrected chi connectivity index (χ3v) is 9.43. The zero-order chi connectivity index (χ0) is 27.4. The molecule has 4 atom stereocenters. The fourth-order valence-electron chi connectivity index (χ4n) is 6.18. The maximum absolute atomic E-state index is 15.5. The number of hydrogen-bond donors (Lipinski definition) is 2. The van der Waals surface area contributed by atoms with E-state index >= 15 is 4.39 Å². The predicted octanol–water partition coefficient (Wildman–Crippen LogP) is 3.82. The normalized spacial score (nSPS) is 27.4. The lowest BCUT2D eigenvalue weighted by Gasteiger charge is -2.35. The second-order valence-electron chi connectivity index (χ2n) is 10.3. The minimum Gasteiger partial charge on any atom is -0.463 e. The van der Waals surface area contributed by atoms with Gasteiger partial charge in [-0.15, -0.1) is 6.42 Å². The summed E-state index contributed by atoms with van der Waals surface area (Å²) in [7, 11) is 0. The fraction of sp³-hybridized carbons (Fsp3) is 0.393. The van der Waals surface area contributed by atoms with Crippen LogP contribution in [0, 0.1) is 30.0 Å². The standard InChI is InChI=1S/C28H28FN7O2S/c1-4-13-38-21-15-32-22-20(34-21)9-10-31-24(22)33-17-7-8-19(29)18(14-17)27(3)23-16(2)28(23,39-26(30)35-27)25(37)36-11-5-6-12-36/h1,7-10,14-16,23H,5-6,11-13H2,2-3H3,(H2,30,35)(H,31,33)/t16-,23-,27+,28-/m0/s1. The van der Waals surface area contributed by atoms with E-state index in [9.17, 15) is 4.79 Å². The topological polar surface area (TPSA) is 119 Å². The first kappa shape index (κ1) is 25.4. The van der Waals surface area contributed by atoms with Crippen LogP contribution >= 0.6 is 11.8 Å².